The number of aromatic carboxylic acids is 1. The minimum Gasteiger partial charge on any atom is -0.475 e. The number of carboxylic acid groups (broad SMARTS) is 1. The molecule has 2 rings (SSSR count). The molecule has 1 aromatic rings. The van der Waals surface area contributed by atoms with E-state index in [9.17, 15) is 9.59 Å². The molecule has 0 unspecified atom stereocenters. The largest absolute Gasteiger partial charge is 0.475 e. The van der Waals surface area contributed by atoms with Gasteiger partial charge in [0.15, 0.2) is 0 Å². The van der Waals surface area contributed by atoms with Crippen LogP contribution in [-0.2, 0) is 11.3 Å². The maximum atomic E-state index is 11.7. The molecule has 2 N–H and O–H groups in total. The molecule has 1 aromatic heterocycles. The molecule has 5 nitrogen and oxygen atoms in total. The van der Waals surface area contributed by atoms with Gasteiger partial charge in [-0.3, -0.25) is 4.79 Å². The predicted octanol–water partition coefficient (Wildman–Crippen LogP) is 2.13. The number of carboxylic acids is 1. The molecule has 0 aromatic carbocycles. The smallest absolute Gasteiger partial charge is 0.371 e. The van der Waals surface area contributed by atoms with Crippen LogP contribution in [0.15, 0.2) is 16.5 Å². The van der Waals surface area contributed by atoms with Gasteiger partial charge in [-0.25, -0.2) is 4.79 Å². The fraction of sp³-hybridized carbons (Fsp3) is 0.538. The molecule has 1 fully saturated rings. The first-order valence-electron chi connectivity index (χ1n) is 6.31. The SMILES string of the molecule is O=C(CC1CCSCC1)NCc1ccc(C(=O)O)o1. The van der Waals surface area contributed by atoms with E-state index in [2.05, 4.69) is 5.32 Å². The van der Waals surface area contributed by atoms with Gasteiger partial charge in [0, 0.05) is 6.42 Å². The van der Waals surface area contributed by atoms with Crippen LogP contribution >= 0.6 is 11.8 Å². The molecule has 19 heavy (non-hydrogen) atoms. The van der Waals surface area contributed by atoms with E-state index in [1.807, 2.05) is 11.8 Å². The van der Waals surface area contributed by atoms with E-state index in [0.29, 0.717) is 18.1 Å². The summed E-state index contributed by atoms with van der Waals surface area (Å²) in [5.41, 5.74) is 0. The average Bonchev–Trinajstić information content (AvgIpc) is 2.86. The number of nitrogens with one attached hydrogen (secondary N) is 1. The van der Waals surface area contributed by atoms with E-state index in [4.69, 9.17) is 9.52 Å². The Kier molecular flexibility index (Phi) is 4.90. The number of amides is 1. The van der Waals surface area contributed by atoms with E-state index < -0.39 is 5.97 Å². The number of carbonyl (C=O) groups excluding carboxylic acids is 1. The molecule has 6 heteroatoms. The fourth-order valence-corrected chi connectivity index (χ4v) is 3.26. The minimum atomic E-state index is -1.10. The molecule has 0 bridgehead atoms. The lowest BCUT2D eigenvalue weighted by Crippen LogP contribution is -2.26. The molecule has 0 radical (unpaired) electrons. The van der Waals surface area contributed by atoms with Crippen LogP contribution in [0.5, 0.6) is 0 Å². The summed E-state index contributed by atoms with van der Waals surface area (Å²) in [7, 11) is 0. The molecular formula is C13H17NO4S. The van der Waals surface area contributed by atoms with Crippen molar-refractivity contribution >= 4 is 23.6 Å². The third kappa shape index (κ3) is 4.31. The van der Waals surface area contributed by atoms with Gasteiger partial charge < -0.3 is 14.8 Å². The van der Waals surface area contributed by atoms with Crippen molar-refractivity contribution in [3.63, 3.8) is 0 Å². The van der Waals surface area contributed by atoms with Crippen molar-refractivity contribution in [2.24, 2.45) is 5.92 Å². The van der Waals surface area contributed by atoms with Crippen molar-refractivity contribution < 1.29 is 19.1 Å². The fourth-order valence-electron chi connectivity index (χ4n) is 2.06. The summed E-state index contributed by atoms with van der Waals surface area (Å²) in [5.74, 6) is 2.02. The predicted molar refractivity (Wildman–Crippen MR) is 72.2 cm³/mol. The third-order valence-corrected chi connectivity index (χ3v) is 4.20. The second-order valence-corrected chi connectivity index (χ2v) is 5.83. The van der Waals surface area contributed by atoms with Crippen molar-refractivity contribution in [1.29, 1.82) is 0 Å². The highest BCUT2D eigenvalue weighted by molar-refractivity contribution is 7.99. The van der Waals surface area contributed by atoms with Crippen LogP contribution in [0.25, 0.3) is 0 Å². The normalized spacial score (nSPS) is 16.2. The Morgan fingerprint density at radius 3 is 2.74 bits per heavy atom. The van der Waals surface area contributed by atoms with Gasteiger partial charge in [0.25, 0.3) is 0 Å². The Labute approximate surface area is 115 Å². The lowest BCUT2D eigenvalue weighted by molar-refractivity contribution is -0.122. The lowest BCUT2D eigenvalue weighted by Gasteiger charge is -2.20. The van der Waals surface area contributed by atoms with Crippen molar-refractivity contribution in [3.8, 4) is 0 Å². The molecule has 0 spiro atoms. The van der Waals surface area contributed by atoms with Crippen LogP contribution < -0.4 is 5.32 Å². The summed E-state index contributed by atoms with van der Waals surface area (Å²) in [6, 6.07) is 2.96. The van der Waals surface area contributed by atoms with Gasteiger partial charge in [-0.2, -0.15) is 11.8 Å². The highest BCUT2D eigenvalue weighted by atomic mass is 32.2. The zero-order valence-electron chi connectivity index (χ0n) is 10.6. The highest BCUT2D eigenvalue weighted by Gasteiger charge is 2.17. The van der Waals surface area contributed by atoms with E-state index in [1.54, 1.807) is 6.07 Å². The summed E-state index contributed by atoms with van der Waals surface area (Å²) < 4.78 is 5.07. The Balaban J connectivity index is 1.74. The van der Waals surface area contributed by atoms with E-state index in [0.717, 1.165) is 24.3 Å². The summed E-state index contributed by atoms with van der Waals surface area (Å²) in [6.07, 6.45) is 2.75. The molecule has 1 amide bonds. The van der Waals surface area contributed by atoms with Crippen LogP contribution in [-0.4, -0.2) is 28.5 Å². The van der Waals surface area contributed by atoms with Crippen LogP contribution in [0.1, 0.15) is 35.6 Å². The van der Waals surface area contributed by atoms with Gasteiger partial charge in [0.1, 0.15) is 5.76 Å². The highest BCUT2D eigenvalue weighted by Crippen LogP contribution is 2.25. The van der Waals surface area contributed by atoms with Gasteiger partial charge in [0.05, 0.1) is 6.54 Å². The topological polar surface area (TPSA) is 79.5 Å². The van der Waals surface area contributed by atoms with Gasteiger partial charge in [-0.1, -0.05) is 0 Å². The Hall–Kier alpha value is -1.43. The second kappa shape index (κ2) is 6.65. The standard InChI is InChI=1S/C13H17NO4S/c15-12(7-9-3-5-19-6-4-9)14-8-10-1-2-11(18-10)13(16)17/h1-2,9H,3-8H2,(H,14,15)(H,16,17). The number of thioether (sulfide) groups is 1. The first-order chi connectivity index (χ1) is 9.15. The van der Waals surface area contributed by atoms with E-state index >= 15 is 0 Å². The number of hydrogen-bond donors (Lipinski definition) is 2. The van der Waals surface area contributed by atoms with Crippen LogP contribution in [0.4, 0.5) is 0 Å². The molecular weight excluding hydrogens is 266 g/mol. The first-order valence-corrected chi connectivity index (χ1v) is 7.47. The summed E-state index contributed by atoms with van der Waals surface area (Å²) >= 11 is 1.94. The maximum absolute atomic E-state index is 11.7. The zero-order valence-corrected chi connectivity index (χ0v) is 11.4. The zero-order chi connectivity index (χ0) is 13.7. The molecule has 0 saturated carbocycles. The summed E-state index contributed by atoms with van der Waals surface area (Å²) in [5, 5.41) is 11.5. The van der Waals surface area contributed by atoms with Gasteiger partial charge in [-0.05, 0) is 42.4 Å². The van der Waals surface area contributed by atoms with Crippen LogP contribution in [0.2, 0.25) is 0 Å². The van der Waals surface area contributed by atoms with Crippen molar-refractivity contribution in [3.05, 3.63) is 23.7 Å². The molecule has 1 saturated heterocycles. The average molecular weight is 283 g/mol. The van der Waals surface area contributed by atoms with E-state index in [1.165, 1.54) is 6.07 Å². The number of hydrogen-bond acceptors (Lipinski definition) is 4. The van der Waals surface area contributed by atoms with Gasteiger partial charge >= 0.3 is 5.97 Å². The summed E-state index contributed by atoms with van der Waals surface area (Å²) in [4.78, 5) is 22.4. The number of carbonyl (C=O) groups is 2. The first kappa shape index (κ1) is 14.0. The van der Waals surface area contributed by atoms with E-state index in [-0.39, 0.29) is 18.2 Å². The minimum absolute atomic E-state index is 0.00479. The number of rotatable bonds is 5. The molecule has 1 aliphatic rings. The number of furan rings is 1. The molecule has 0 atom stereocenters. The molecule has 104 valence electrons. The monoisotopic (exact) mass is 283 g/mol. The van der Waals surface area contributed by atoms with Crippen LogP contribution in [0.3, 0.4) is 0 Å². The third-order valence-electron chi connectivity index (χ3n) is 3.15. The summed E-state index contributed by atoms with van der Waals surface area (Å²) in [6.45, 7) is 0.244. The maximum Gasteiger partial charge on any atom is 0.371 e. The Morgan fingerprint density at radius 2 is 2.11 bits per heavy atom. The molecule has 0 aliphatic carbocycles. The van der Waals surface area contributed by atoms with Gasteiger partial charge in [-0.15, -0.1) is 0 Å². The van der Waals surface area contributed by atoms with Crippen LogP contribution in [0, 0.1) is 5.92 Å². The van der Waals surface area contributed by atoms with Gasteiger partial charge in [0.2, 0.25) is 11.7 Å². The Bertz CT molecular complexity index is 451. The lowest BCUT2D eigenvalue weighted by atomic mass is 9.98. The molecule has 1 aliphatic heterocycles. The van der Waals surface area contributed by atoms with Crippen molar-refractivity contribution in [2.45, 2.75) is 25.8 Å². The van der Waals surface area contributed by atoms with Crippen molar-refractivity contribution in [2.75, 3.05) is 11.5 Å². The second-order valence-electron chi connectivity index (χ2n) is 4.61. The Morgan fingerprint density at radius 1 is 1.37 bits per heavy atom. The van der Waals surface area contributed by atoms with Crippen molar-refractivity contribution in [1.82, 2.24) is 5.32 Å². The molecule has 2 heterocycles. The quantitative estimate of drug-likeness (QED) is 0.865.